The maximum Gasteiger partial charge on any atom is 0.399 e. The normalized spacial score (nSPS) is 17.7. The van der Waals surface area contributed by atoms with Crippen molar-refractivity contribution in [2.24, 2.45) is 5.92 Å². The van der Waals surface area contributed by atoms with Gasteiger partial charge in [-0.3, -0.25) is 4.72 Å². The molecule has 1 aromatic carbocycles. The van der Waals surface area contributed by atoms with Crippen molar-refractivity contribution in [1.82, 2.24) is 4.72 Å². The van der Waals surface area contributed by atoms with Crippen LogP contribution in [0.1, 0.15) is 50.2 Å². The van der Waals surface area contributed by atoms with Crippen LogP contribution in [-0.4, -0.2) is 30.7 Å². The molecule has 166 valence electrons. The van der Waals surface area contributed by atoms with Crippen LogP contribution in [0.2, 0.25) is 0 Å². The van der Waals surface area contributed by atoms with Crippen LogP contribution in [0.5, 0.6) is 0 Å². The summed E-state index contributed by atoms with van der Waals surface area (Å²) < 4.78 is 52.8. The van der Waals surface area contributed by atoms with E-state index in [9.17, 15) is 17.6 Å². The predicted octanol–water partition coefficient (Wildman–Crippen LogP) is 6.60. The lowest BCUT2D eigenvalue weighted by atomic mass is 9.87. The monoisotopic (exact) mass is 443 g/mol. The van der Waals surface area contributed by atoms with Gasteiger partial charge in [0.1, 0.15) is 11.6 Å². The molecule has 0 amide bonds. The first-order chi connectivity index (χ1) is 14.2. The van der Waals surface area contributed by atoms with E-state index in [-0.39, 0.29) is 17.8 Å². The van der Waals surface area contributed by atoms with Gasteiger partial charge in [-0.15, -0.1) is 0 Å². The van der Waals surface area contributed by atoms with E-state index in [0.717, 1.165) is 23.2 Å². The van der Waals surface area contributed by atoms with Gasteiger partial charge in [0.05, 0.1) is 0 Å². The summed E-state index contributed by atoms with van der Waals surface area (Å²) in [6.07, 6.45) is 4.00. The third-order valence-electron chi connectivity index (χ3n) is 4.79. The average Bonchev–Trinajstić information content (AvgIpc) is 2.67. The molecule has 1 aliphatic carbocycles. The van der Waals surface area contributed by atoms with E-state index in [2.05, 4.69) is 23.9 Å². The van der Waals surface area contributed by atoms with Gasteiger partial charge in [-0.2, -0.15) is 13.2 Å². The fourth-order valence-corrected chi connectivity index (χ4v) is 3.94. The van der Waals surface area contributed by atoms with Gasteiger partial charge in [-0.05, 0) is 60.9 Å². The number of hydrogen-bond acceptors (Lipinski definition) is 4. The number of halogens is 4. The second-order valence-electron chi connectivity index (χ2n) is 7.84. The zero-order chi connectivity index (χ0) is 22.1. The highest BCUT2D eigenvalue weighted by molar-refractivity contribution is 7.97. The number of rotatable bonds is 11. The van der Waals surface area contributed by atoms with Gasteiger partial charge in [0, 0.05) is 30.1 Å². The van der Waals surface area contributed by atoms with Crippen LogP contribution in [0.4, 0.5) is 23.2 Å². The molecule has 2 atom stereocenters. The summed E-state index contributed by atoms with van der Waals surface area (Å²) in [5, 5.41) is 11.1. The van der Waals surface area contributed by atoms with Gasteiger partial charge >= 0.3 is 6.18 Å². The van der Waals surface area contributed by atoms with Crippen LogP contribution in [0, 0.1) is 11.3 Å². The molecule has 1 aromatic rings. The molecular formula is C22H29F4N3S. The first-order valence-corrected chi connectivity index (χ1v) is 11.0. The van der Waals surface area contributed by atoms with Crippen molar-refractivity contribution in [3.63, 3.8) is 0 Å². The zero-order valence-corrected chi connectivity index (χ0v) is 18.0. The summed E-state index contributed by atoms with van der Waals surface area (Å²) in [7, 11) is 0. The number of allylic oxidation sites excluding steroid dienone is 2. The number of anilines is 1. The lowest BCUT2D eigenvalue weighted by Gasteiger charge is -2.23. The van der Waals surface area contributed by atoms with E-state index in [1.165, 1.54) is 18.4 Å². The van der Waals surface area contributed by atoms with Crippen LogP contribution in [0.15, 0.2) is 42.3 Å². The van der Waals surface area contributed by atoms with Crippen molar-refractivity contribution >= 4 is 23.8 Å². The molecule has 0 radical (unpaired) electrons. The van der Waals surface area contributed by atoms with Crippen LogP contribution < -0.4 is 10.0 Å². The number of alkyl halides is 3. The van der Waals surface area contributed by atoms with E-state index >= 15 is 0 Å². The summed E-state index contributed by atoms with van der Waals surface area (Å²) in [6.45, 7) is 4.71. The van der Waals surface area contributed by atoms with E-state index in [0.29, 0.717) is 37.3 Å². The van der Waals surface area contributed by atoms with E-state index < -0.39 is 11.9 Å². The van der Waals surface area contributed by atoms with Gasteiger partial charge in [0.2, 0.25) is 0 Å². The van der Waals surface area contributed by atoms with E-state index in [4.69, 9.17) is 5.41 Å². The molecule has 8 heteroatoms. The maximum absolute atomic E-state index is 13.1. The number of benzene rings is 1. The topological polar surface area (TPSA) is 47.9 Å². The second-order valence-corrected chi connectivity index (χ2v) is 8.71. The van der Waals surface area contributed by atoms with Crippen molar-refractivity contribution in [3.05, 3.63) is 53.4 Å². The van der Waals surface area contributed by atoms with Crippen LogP contribution in [0.25, 0.3) is 0 Å². The fourth-order valence-electron chi connectivity index (χ4n) is 3.41. The average molecular weight is 444 g/mol. The fraction of sp³-hybridized carbons (Fsp3) is 0.500. The predicted molar refractivity (Wildman–Crippen MR) is 118 cm³/mol. The quantitative estimate of drug-likeness (QED) is 0.156. The smallest absolute Gasteiger partial charge is 0.378 e. The summed E-state index contributed by atoms with van der Waals surface area (Å²) in [5.74, 6) is -0.528. The van der Waals surface area contributed by atoms with Crippen molar-refractivity contribution in [1.29, 1.82) is 5.41 Å². The Labute approximate surface area is 180 Å². The molecule has 0 fully saturated rings. The second kappa shape index (κ2) is 11.6. The molecule has 3 N–H and O–H groups in total. The molecule has 0 spiro atoms. The molecule has 1 aliphatic rings. The molecule has 0 aliphatic heterocycles. The molecule has 0 saturated heterocycles. The van der Waals surface area contributed by atoms with Gasteiger partial charge in [0.25, 0.3) is 0 Å². The Hall–Kier alpha value is -1.80. The highest BCUT2D eigenvalue weighted by Gasteiger charge is 2.27. The SMILES string of the molecule is CC(C)CC(CCNSCC(F)(F)F)c1ccc(NC2C=CC(F)=CC2)c(C=N)c1. The third-order valence-corrected chi connectivity index (χ3v) is 5.67. The Balaban J connectivity index is 2.03. The molecule has 3 nitrogen and oxygen atoms in total. The van der Waals surface area contributed by atoms with Crippen molar-refractivity contribution in [2.45, 2.75) is 51.2 Å². The Bertz CT molecular complexity index is 759. The minimum Gasteiger partial charge on any atom is -0.378 e. The van der Waals surface area contributed by atoms with Gasteiger partial charge < -0.3 is 10.7 Å². The van der Waals surface area contributed by atoms with Gasteiger partial charge in [-0.25, -0.2) is 4.39 Å². The molecule has 0 aromatic heterocycles. The number of hydrogen-bond donors (Lipinski definition) is 3. The highest BCUT2D eigenvalue weighted by atomic mass is 32.2. The molecular weight excluding hydrogens is 414 g/mol. The summed E-state index contributed by atoms with van der Waals surface area (Å²) in [5.41, 5.74) is 2.62. The summed E-state index contributed by atoms with van der Waals surface area (Å²) in [4.78, 5) is 0. The third kappa shape index (κ3) is 8.52. The first kappa shape index (κ1) is 24.5. The highest BCUT2D eigenvalue weighted by Crippen LogP contribution is 2.30. The Kier molecular flexibility index (Phi) is 9.42. The van der Waals surface area contributed by atoms with E-state index in [1.807, 2.05) is 18.2 Å². The molecule has 0 bridgehead atoms. The minimum atomic E-state index is -4.17. The van der Waals surface area contributed by atoms with Gasteiger partial charge in [-0.1, -0.05) is 37.9 Å². The Morgan fingerprint density at radius 2 is 2.07 bits per heavy atom. The van der Waals surface area contributed by atoms with Crippen LogP contribution in [0.3, 0.4) is 0 Å². The van der Waals surface area contributed by atoms with Gasteiger partial charge in [0.15, 0.2) is 0 Å². The standard InChI is InChI=1S/C22H29F4N3S/c1-15(2)11-17(9-10-28-30-14-22(24,25)26)16-3-8-21(18(12-16)13-27)29-20-6-4-19(23)5-7-20/h3-6,8,12-13,15,17,20,27-29H,7,9-11,14H2,1-2H3. The molecule has 30 heavy (non-hydrogen) atoms. The minimum absolute atomic E-state index is 0.0321. The Morgan fingerprint density at radius 3 is 2.67 bits per heavy atom. The molecule has 0 heterocycles. The maximum atomic E-state index is 13.1. The molecule has 2 unspecified atom stereocenters. The zero-order valence-electron chi connectivity index (χ0n) is 17.2. The first-order valence-electron chi connectivity index (χ1n) is 10.0. The summed E-state index contributed by atoms with van der Waals surface area (Å²) >= 11 is 0.687. The largest absolute Gasteiger partial charge is 0.399 e. The lowest BCUT2D eigenvalue weighted by molar-refractivity contribution is -0.105. The van der Waals surface area contributed by atoms with Crippen molar-refractivity contribution in [3.8, 4) is 0 Å². The van der Waals surface area contributed by atoms with Crippen molar-refractivity contribution < 1.29 is 17.6 Å². The number of nitrogens with one attached hydrogen (secondary N) is 3. The molecule has 0 saturated carbocycles. The van der Waals surface area contributed by atoms with E-state index in [1.54, 1.807) is 6.08 Å². The summed E-state index contributed by atoms with van der Waals surface area (Å²) in [6, 6.07) is 5.87. The van der Waals surface area contributed by atoms with Crippen LogP contribution >= 0.6 is 11.9 Å². The molecule has 2 rings (SSSR count). The lowest BCUT2D eigenvalue weighted by Crippen LogP contribution is -2.19. The van der Waals surface area contributed by atoms with Crippen molar-refractivity contribution in [2.75, 3.05) is 17.6 Å². The Morgan fingerprint density at radius 1 is 1.30 bits per heavy atom. The van der Waals surface area contributed by atoms with Crippen LogP contribution in [-0.2, 0) is 0 Å².